The van der Waals surface area contributed by atoms with Gasteiger partial charge in [-0.15, -0.1) is 0 Å². The summed E-state index contributed by atoms with van der Waals surface area (Å²) in [5.41, 5.74) is 1.09. The number of hydrogen-bond acceptors (Lipinski definition) is 2. The highest BCUT2D eigenvalue weighted by Crippen LogP contribution is 2.13. The minimum atomic E-state index is -0.380. The lowest BCUT2D eigenvalue weighted by Gasteiger charge is -2.00. The Morgan fingerprint density at radius 2 is 2.20 bits per heavy atom. The predicted octanol–water partition coefficient (Wildman–Crippen LogP) is 1.88. The second-order valence-electron chi connectivity index (χ2n) is 3.25. The Morgan fingerprint density at radius 3 is 2.87 bits per heavy atom. The van der Waals surface area contributed by atoms with Gasteiger partial charge in [0.2, 0.25) is 0 Å². The van der Waals surface area contributed by atoms with Crippen molar-refractivity contribution in [1.82, 2.24) is 9.97 Å². The zero-order valence-electron chi connectivity index (χ0n) is 8.12. The quantitative estimate of drug-likeness (QED) is 0.770. The molecule has 2 aromatic rings. The summed E-state index contributed by atoms with van der Waals surface area (Å²) in [5, 5.41) is 0. The van der Waals surface area contributed by atoms with Gasteiger partial charge in [0.05, 0.1) is 0 Å². The number of aromatic nitrogens is 2. The molecule has 0 saturated heterocycles. The van der Waals surface area contributed by atoms with Gasteiger partial charge in [0.25, 0.3) is 5.56 Å². The Kier molecular flexibility index (Phi) is 2.33. The molecule has 0 fully saturated rings. The van der Waals surface area contributed by atoms with Gasteiger partial charge in [-0.2, -0.15) is 0 Å². The van der Waals surface area contributed by atoms with Crippen LogP contribution in [0.4, 0.5) is 4.39 Å². The lowest BCUT2D eigenvalue weighted by molar-refractivity contribution is 0.628. The lowest BCUT2D eigenvalue weighted by atomic mass is 10.1. The van der Waals surface area contributed by atoms with Gasteiger partial charge in [-0.3, -0.25) is 4.79 Å². The van der Waals surface area contributed by atoms with Crippen LogP contribution in [-0.2, 0) is 0 Å². The minimum absolute atomic E-state index is 0.236. The van der Waals surface area contributed by atoms with E-state index < -0.39 is 0 Å². The molecule has 0 aliphatic carbocycles. The first kappa shape index (κ1) is 9.58. The van der Waals surface area contributed by atoms with Crippen LogP contribution in [0.5, 0.6) is 0 Å². The van der Waals surface area contributed by atoms with Crippen LogP contribution < -0.4 is 5.56 Å². The molecule has 15 heavy (non-hydrogen) atoms. The molecule has 1 aromatic carbocycles. The zero-order chi connectivity index (χ0) is 10.8. The van der Waals surface area contributed by atoms with Crippen LogP contribution in [0, 0.1) is 12.7 Å². The fraction of sp³-hybridized carbons (Fsp3) is 0.0909. The first-order valence-electron chi connectivity index (χ1n) is 4.48. The topological polar surface area (TPSA) is 45.8 Å². The van der Waals surface area contributed by atoms with Crippen LogP contribution in [0.2, 0.25) is 0 Å². The van der Waals surface area contributed by atoms with E-state index in [4.69, 9.17) is 0 Å². The van der Waals surface area contributed by atoms with E-state index in [2.05, 4.69) is 9.97 Å². The molecular weight excluding hydrogens is 195 g/mol. The Bertz CT molecular complexity index is 548. The van der Waals surface area contributed by atoms with E-state index in [0.29, 0.717) is 11.3 Å². The SMILES string of the molecule is Cc1cnc(-c2cccc(F)c2)c(=O)[nH]1. The summed E-state index contributed by atoms with van der Waals surface area (Å²) in [4.78, 5) is 18.1. The van der Waals surface area contributed by atoms with Crippen molar-refractivity contribution in [2.24, 2.45) is 0 Å². The maximum atomic E-state index is 12.9. The van der Waals surface area contributed by atoms with E-state index in [1.807, 2.05) is 0 Å². The van der Waals surface area contributed by atoms with Gasteiger partial charge in [0, 0.05) is 17.5 Å². The highest BCUT2D eigenvalue weighted by molar-refractivity contribution is 5.57. The summed E-state index contributed by atoms with van der Waals surface area (Å²) in [6, 6.07) is 5.81. The molecule has 0 saturated carbocycles. The van der Waals surface area contributed by atoms with E-state index in [-0.39, 0.29) is 17.1 Å². The van der Waals surface area contributed by atoms with Crippen molar-refractivity contribution >= 4 is 0 Å². The maximum Gasteiger partial charge on any atom is 0.274 e. The Balaban J connectivity index is 2.59. The molecule has 0 aliphatic rings. The molecule has 1 N–H and O–H groups in total. The summed E-state index contributed by atoms with van der Waals surface area (Å²) in [5.74, 6) is -0.380. The van der Waals surface area contributed by atoms with Crippen LogP contribution in [-0.4, -0.2) is 9.97 Å². The molecule has 2 rings (SSSR count). The molecule has 76 valence electrons. The maximum absolute atomic E-state index is 12.9. The van der Waals surface area contributed by atoms with E-state index in [9.17, 15) is 9.18 Å². The van der Waals surface area contributed by atoms with Gasteiger partial charge >= 0.3 is 0 Å². The van der Waals surface area contributed by atoms with Gasteiger partial charge in [-0.25, -0.2) is 9.37 Å². The van der Waals surface area contributed by atoms with Crippen LogP contribution in [0.3, 0.4) is 0 Å². The molecule has 0 bridgehead atoms. The van der Waals surface area contributed by atoms with Gasteiger partial charge < -0.3 is 4.98 Å². The minimum Gasteiger partial charge on any atom is -0.323 e. The number of benzene rings is 1. The van der Waals surface area contributed by atoms with Crippen LogP contribution >= 0.6 is 0 Å². The van der Waals surface area contributed by atoms with Crippen molar-refractivity contribution in [1.29, 1.82) is 0 Å². The summed E-state index contributed by atoms with van der Waals surface area (Å²) in [6.07, 6.45) is 1.54. The summed E-state index contributed by atoms with van der Waals surface area (Å²) in [7, 11) is 0. The summed E-state index contributed by atoms with van der Waals surface area (Å²) in [6.45, 7) is 1.74. The molecule has 1 aromatic heterocycles. The van der Waals surface area contributed by atoms with Crippen molar-refractivity contribution in [3.63, 3.8) is 0 Å². The third-order valence-corrected chi connectivity index (χ3v) is 2.01. The molecule has 1 heterocycles. The largest absolute Gasteiger partial charge is 0.323 e. The molecule has 0 aliphatic heterocycles. The fourth-order valence-corrected chi connectivity index (χ4v) is 1.33. The molecule has 3 nitrogen and oxygen atoms in total. The van der Waals surface area contributed by atoms with Gasteiger partial charge in [0.15, 0.2) is 0 Å². The molecule has 0 amide bonds. The monoisotopic (exact) mass is 204 g/mol. The molecule has 0 unspecified atom stereocenters. The first-order valence-corrected chi connectivity index (χ1v) is 4.48. The van der Waals surface area contributed by atoms with Gasteiger partial charge in [-0.05, 0) is 19.1 Å². The zero-order valence-corrected chi connectivity index (χ0v) is 8.12. The second-order valence-corrected chi connectivity index (χ2v) is 3.25. The predicted molar refractivity (Wildman–Crippen MR) is 55.0 cm³/mol. The number of nitrogens with one attached hydrogen (secondary N) is 1. The normalized spacial score (nSPS) is 10.3. The number of aryl methyl sites for hydroxylation is 1. The number of aromatic amines is 1. The molecular formula is C11H9FN2O. The Morgan fingerprint density at radius 1 is 1.40 bits per heavy atom. The highest BCUT2D eigenvalue weighted by Gasteiger charge is 2.05. The van der Waals surface area contributed by atoms with Crippen molar-refractivity contribution in [3.8, 4) is 11.3 Å². The highest BCUT2D eigenvalue weighted by atomic mass is 19.1. The molecule has 0 radical (unpaired) electrons. The number of hydrogen-bond donors (Lipinski definition) is 1. The van der Waals surface area contributed by atoms with E-state index in [1.165, 1.54) is 12.1 Å². The van der Waals surface area contributed by atoms with Crippen LogP contribution in [0.15, 0.2) is 35.3 Å². The van der Waals surface area contributed by atoms with Crippen molar-refractivity contribution in [2.45, 2.75) is 6.92 Å². The average molecular weight is 204 g/mol. The smallest absolute Gasteiger partial charge is 0.274 e. The number of halogens is 1. The first-order chi connectivity index (χ1) is 7.16. The van der Waals surface area contributed by atoms with Crippen molar-refractivity contribution < 1.29 is 4.39 Å². The summed E-state index contributed by atoms with van der Waals surface area (Å²) >= 11 is 0. The standard InChI is InChI=1S/C11H9FN2O/c1-7-6-13-10(11(15)14-7)8-3-2-4-9(12)5-8/h2-6H,1H3,(H,14,15). The van der Waals surface area contributed by atoms with Crippen LogP contribution in [0.25, 0.3) is 11.3 Å². The number of rotatable bonds is 1. The van der Waals surface area contributed by atoms with Crippen LogP contribution in [0.1, 0.15) is 5.69 Å². The Labute approximate surface area is 85.6 Å². The average Bonchev–Trinajstić information content (AvgIpc) is 2.17. The van der Waals surface area contributed by atoms with Gasteiger partial charge in [0.1, 0.15) is 11.5 Å². The van der Waals surface area contributed by atoms with Gasteiger partial charge in [-0.1, -0.05) is 12.1 Å². The number of nitrogens with zero attached hydrogens (tertiary/aromatic N) is 1. The third kappa shape index (κ3) is 1.93. The summed E-state index contributed by atoms with van der Waals surface area (Å²) < 4.78 is 12.9. The second kappa shape index (κ2) is 3.65. The third-order valence-electron chi connectivity index (χ3n) is 2.01. The molecule has 0 spiro atoms. The molecule has 4 heteroatoms. The van der Waals surface area contributed by atoms with E-state index in [0.717, 1.165) is 0 Å². The lowest BCUT2D eigenvalue weighted by Crippen LogP contribution is -2.12. The molecule has 0 atom stereocenters. The number of H-pyrrole nitrogens is 1. The van der Waals surface area contributed by atoms with E-state index in [1.54, 1.807) is 25.3 Å². The Hall–Kier alpha value is -1.97. The van der Waals surface area contributed by atoms with E-state index >= 15 is 0 Å². The van der Waals surface area contributed by atoms with Crippen molar-refractivity contribution in [3.05, 3.63) is 52.3 Å². The fourth-order valence-electron chi connectivity index (χ4n) is 1.33. The van der Waals surface area contributed by atoms with Crippen molar-refractivity contribution in [2.75, 3.05) is 0 Å².